The summed E-state index contributed by atoms with van der Waals surface area (Å²) in [6.45, 7) is 2.12. The van der Waals surface area contributed by atoms with Gasteiger partial charge >= 0.3 is 20.6 Å². The fourth-order valence-electron chi connectivity index (χ4n) is 4.11. The van der Waals surface area contributed by atoms with E-state index in [4.69, 9.17) is 14.0 Å². The molecule has 8 heteroatoms. The van der Waals surface area contributed by atoms with Gasteiger partial charge in [0.15, 0.2) is 6.10 Å². The van der Waals surface area contributed by atoms with E-state index in [0.29, 0.717) is 12.8 Å². The summed E-state index contributed by atoms with van der Waals surface area (Å²) in [6, 6.07) is 0. The van der Waals surface area contributed by atoms with Crippen LogP contribution in [0.3, 0.4) is 0 Å². The Morgan fingerprint density at radius 2 is 1.08 bits per heavy atom. The van der Waals surface area contributed by atoms with Gasteiger partial charge in [0.2, 0.25) is 0 Å². The van der Waals surface area contributed by atoms with Crippen molar-refractivity contribution in [3.63, 3.8) is 0 Å². The highest BCUT2D eigenvalue weighted by atomic mass is 32.1. The van der Waals surface area contributed by atoms with E-state index in [9.17, 15) is 14.2 Å². The number of esters is 2. The lowest BCUT2D eigenvalue weighted by Crippen LogP contribution is -2.28. The zero-order valence-electron chi connectivity index (χ0n) is 22.9. The van der Waals surface area contributed by atoms with Gasteiger partial charge in [-0.2, -0.15) is 12.6 Å². The lowest BCUT2D eigenvalue weighted by molar-refractivity contribution is -0.160. The van der Waals surface area contributed by atoms with Gasteiger partial charge in [0.25, 0.3) is 0 Å². The Kier molecular flexibility index (Phi) is 28.4. The molecule has 0 aromatic carbocycles. The molecule has 0 aliphatic rings. The van der Waals surface area contributed by atoms with Crippen LogP contribution in [0.1, 0.15) is 142 Å². The second-order valence-electron chi connectivity index (χ2n) is 9.75. The van der Waals surface area contributed by atoms with Crippen LogP contribution in [-0.4, -0.2) is 37.0 Å². The third-order valence-electron chi connectivity index (χ3n) is 6.31. The number of hydrogen-bond donors (Lipinski definition) is 1. The van der Waals surface area contributed by atoms with Gasteiger partial charge < -0.3 is 9.47 Å². The van der Waals surface area contributed by atoms with Gasteiger partial charge in [0, 0.05) is 12.8 Å². The molecular formula is C28H53O6PS. The van der Waals surface area contributed by atoms with E-state index in [1.54, 1.807) is 0 Å². The highest BCUT2D eigenvalue weighted by Gasteiger charge is 2.17. The average Bonchev–Trinajstić information content (AvgIpc) is 2.87. The third-order valence-corrected chi connectivity index (χ3v) is 6.89. The number of rotatable bonds is 28. The third kappa shape index (κ3) is 26.4. The molecule has 0 radical (unpaired) electrons. The summed E-state index contributed by atoms with van der Waals surface area (Å²) in [7, 11) is -0.487. The molecule has 0 rings (SSSR count). The van der Waals surface area contributed by atoms with Crippen molar-refractivity contribution in [3.8, 4) is 0 Å². The molecule has 0 N–H and O–H groups in total. The SMILES string of the molecule is CCCCCCCCCCCCCCCC(=O)O[C@@H](COP=O)COC(=O)CCCCCCCCS. The summed E-state index contributed by atoms with van der Waals surface area (Å²) in [6.07, 6.45) is 22.6. The minimum Gasteiger partial charge on any atom is -0.462 e. The van der Waals surface area contributed by atoms with Crippen molar-refractivity contribution in [2.75, 3.05) is 19.0 Å². The van der Waals surface area contributed by atoms with Crippen LogP contribution >= 0.6 is 21.3 Å². The molecule has 0 saturated heterocycles. The van der Waals surface area contributed by atoms with Gasteiger partial charge in [-0.25, -0.2) is 4.57 Å². The molecule has 0 aliphatic heterocycles. The number of hydrogen-bond acceptors (Lipinski definition) is 7. The molecule has 0 spiro atoms. The molecule has 0 fully saturated rings. The molecule has 0 heterocycles. The van der Waals surface area contributed by atoms with Gasteiger partial charge in [0.1, 0.15) is 13.2 Å². The summed E-state index contributed by atoms with van der Waals surface area (Å²) in [5.41, 5.74) is 0. The number of thiol groups is 1. The second-order valence-corrected chi connectivity index (χ2v) is 10.6. The first kappa shape index (κ1) is 35.4. The van der Waals surface area contributed by atoms with Crippen molar-refractivity contribution in [1.29, 1.82) is 0 Å². The van der Waals surface area contributed by atoms with Gasteiger partial charge in [-0.3, -0.25) is 14.1 Å². The molecule has 0 bridgehead atoms. The smallest absolute Gasteiger partial charge is 0.327 e. The highest BCUT2D eigenvalue weighted by Crippen LogP contribution is 2.14. The Hall–Kier alpha value is -0.650. The molecule has 0 unspecified atom stereocenters. The number of carbonyl (C=O) groups excluding carboxylic acids is 2. The number of unbranched alkanes of at least 4 members (excludes halogenated alkanes) is 17. The molecule has 0 aromatic rings. The molecule has 0 saturated carbocycles. The largest absolute Gasteiger partial charge is 0.462 e. The Bertz CT molecular complexity index is 520. The number of carbonyl (C=O) groups is 2. The minimum absolute atomic E-state index is 0.0617. The van der Waals surface area contributed by atoms with E-state index in [2.05, 4.69) is 19.6 Å². The van der Waals surface area contributed by atoms with Crippen molar-refractivity contribution >= 4 is 33.3 Å². The van der Waals surface area contributed by atoms with Crippen LogP contribution in [0.25, 0.3) is 0 Å². The first-order chi connectivity index (χ1) is 17.6. The monoisotopic (exact) mass is 548 g/mol. The van der Waals surface area contributed by atoms with E-state index in [1.807, 2.05) is 0 Å². The van der Waals surface area contributed by atoms with Gasteiger partial charge in [0.05, 0.1) is 0 Å². The standard InChI is InChI=1S/C28H53O6PS/c1-2-3-4-5-6-7-8-9-10-11-12-16-19-22-28(30)34-26(25-33-35-31)24-32-27(29)21-18-15-13-14-17-20-23-36/h26,36H,2-25H2,1H3/t26-/m1/s1. The highest BCUT2D eigenvalue weighted by molar-refractivity contribution is 7.80. The molecule has 36 heavy (non-hydrogen) atoms. The molecule has 0 aromatic heterocycles. The van der Waals surface area contributed by atoms with Crippen LogP contribution in [0.4, 0.5) is 0 Å². The van der Waals surface area contributed by atoms with Gasteiger partial charge in [-0.1, -0.05) is 110 Å². The summed E-state index contributed by atoms with van der Waals surface area (Å²) in [5, 5.41) is 0. The molecule has 212 valence electrons. The van der Waals surface area contributed by atoms with E-state index in [1.165, 1.54) is 77.0 Å². The Morgan fingerprint density at radius 3 is 1.56 bits per heavy atom. The maximum Gasteiger partial charge on any atom is 0.327 e. The van der Waals surface area contributed by atoms with Crippen LogP contribution < -0.4 is 0 Å². The fourth-order valence-corrected chi connectivity index (χ4v) is 4.56. The normalized spacial score (nSPS) is 12.1. The minimum atomic E-state index is -0.730. The van der Waals surface area contributed by atoms with E-state index < -0.39 is 14.8 Å². The number of ether oxygens (including phenoxy) is 2. The van der Waals surface area contributed by atoms with Gasteiger partial charge in [-0.15, -0.1) is 0 Å². The topological polar surface area (TPSA) is 78.9 Å². The zero-order valence-corrected chi connectivity index (χ0v) is 24.7. The molecule has 6 nitrogen and oxygen atoms in total. The summed E-state index contributed by atoms with van der Waals surface area (Å²) < 4.78 is 26.1. The van der Waals surface area contributed by atoms with Crippen molar-refractivity contribution < 1.29 is 28.2 Å². The maximum atomic E-state index is 12.2. The first-order valence-corrected chi connectivity index (χ1v) is 15.9. The second kappa shape index (κ2) is 28.9. The Labute approximate surface area is 228 Å². The molecule has 1 atom stereocenters. The van der Waals surface area contributed by atoms with Crippen LogP contribution in [0.15, 0.2) is 0 Å². The van der Waals surface area contributed by atoms with Crippen LogP contribution in [-0.2, 0) is 28.2 Å². The van der Waals surface area contributed by atoms with E-state index in [0.717, 1.165) is 50.7 Å². The fraction of sp³-hybridized carbons (Fsp3) is 0.929. The quantitative estimate of drug-likeness (QED) is 0.0455. The molecular weight excluding hydrogens is 495 g/mol. The lowest BCUT2D eigenvalue weighted by atomic mass is 10.0. The van der Waals surface area contributed by atoms with Crippen molar-refractivity contribution in [2.45, 2.75) is 148 Å². The summed E-state index contributed by atoms with van der Waals surface area (Å²) in [5.74, 6) is 0.293. The Balaban J connectivity index is 3.79. The maximum absolute atomic E-state index is 12.2. The van der Waals surface area contributed by atoms with Gasteiger partial charge in [-0.05, 0) is 25.0 Å². The first-order valence-electron chi connectivity index (χ1n) is 14.5. The molecule has 0 amide bonds. The summed E-state index contributed by atoms with van der Waals surface area (Å²) >= 11 is 4.20. The van der Waals surface area contributed by atoms with Crippen LogP contribution in [0, 0.1) is 0 Å². The zero-order chi connectivity index (χ0) is 26.5. The van der Waals surface area contributed by atoms with Crippen LogP contribution in [0.2, 0.25) is 0 Å². The summed E-state index contributed by atoms with van der Waals surface area (Å²) in [4.78, 5) is 24.2. The Morgan fingerprint density at radius 1 is 0.639 bits per heavy atom. The predicted molar refractivity (Wildman–Crippen MR) is 151 cm³/mol. The van der Waals surface area contributed by atoms with Crippen molar-refractivity contribution in [1.82, 2.24) is 0 Å². The van der Waals surface area contributed by atoms with Crippen molar-refractivity contribution in [2.24, 2.45) is 0 Å². The molecule has 0 aliphatic carbocycles. The average molecular weight is 549 g/mol. The predicted octanol–water partition coefficient (Wildman–Crippen LogP) is 8.81. The van der Waals surface area contributed by atoms with Crippen LogP contribution in [0.5, 0.6) is 0 Å². The van der Waals surface area contributed by atoms with E-state index in [-0.39, 0.29) is 25.2 Å². The van der Waals surface area contributed by atoms with Crippen molar-refractivity contribution in [3.05, 3.63) is 0 Å². The van der Waals surface area contributed by atoms with E-state index >= 15 is 0 Å². The lowest BCUT2D eigenvalue weighted by Gasteiger charge is -2.16.